The van der Waals surface area contributed by atoms with E-state index in [9.17, 15) is 102 Å². The molecule has 0 saturated heterocycles. The van der Waals surface area contributed by atoms with E-state index in [1.54, 1.807) is 0 Å². The van der Waals surface area contributed by atoms with Gasteiger partial charge in [0.1, 0.15) is 12.7 Å². The van der Waals surface area contributed by atoms with Gasteiger partial charge in [-0.15, -0.1) is 0 Å². The van der Waals surface area contributed by atoms with Crippen LogP contribution in [-0.4, -0.2) is 84.1 Å². The molecule has 0 spiro atoms. The minimum Gasteiger partial charge on any atom is -0.458 e. The Balaban J connectivity index is 7.04. The second-order valence-electron chi connectivity index (χ2n) is 9.19. The van der Waals surface area contributed by atoms with Crippen LogP contribution in [0.3, 0.4) is 0 Å². The zero-order chi connectivity index (χ0) is 37.7. The third-order valence-electron chi connectivity index (χ3n) is 5.43. The monoisotopic (exact) mass is 730 g/mol. The quantitative estimate of drug-likeness (QED) is 0.0968. The van der Waals surface area contributed by atoms with Gasteiger partial charge < -0.3 is 9.47 Å². The largest absolute Gasteiger partial charge is 0.460 e. The maximum absolute atomic E-state index is 14.3. The van der Waals surface area contributed by atoms with Crippen molar-refractivity contribution in [2.24, 2.45) is 0 Å². The summed E-state index contributed by atoms with van der Waals surface area (Å²) >= 11 is 0. The summed E-state index contributed by atoms with van der Waals surface area (Å²) in [5, 5.41) is 0. The Hall–Kier alpha value is -3.05. The lowest BCUT2D eigenvalue weighted by Crippen LogP contribution is -2.76. The van der Waals surface area contributed by atoms with Crippen molar-refractivity contribution in [1.29, 1.82) is 0 Å². The molecule has 0 fully saturated rings. The van der Waals surface area contributed by atoms with E-state index in [1.807, 2.05) is 0 Å². The number of hydrogen-bond acceptors (Lipinski definition) is 4. The van der Waals surface area contributed by atoms with E-state index < -0.39 is 102 Å². The van der Waals surface area contributed by atoms with Gasteiger partial charge in [-0.25, -0.2) is 9.59 Å². The Morgan fingerprint density at radius 3 is 1.07 bits per heavy atom. The lowest BCUT2D eigenvalue weighted by atomic mass is 9.85. The standard InChI is InChI=1S/C21H15F21O4/c1-7(2)10(43)45-6-9(46-11(44)8(3)4)5-12(22,23)13(24,25)14(26,27)15(28,29)16(30,31)17(32,33)18(34,35)19(36,37)20(38,39)21(40,41)42/h9H,1,3,5-6H2,2,4H3. The number of rotatable bonds is 15. The Morgan fingerprint density at radius 2 is 0.783 bits per heavy atom. The van der Waals surface area contributed by atoms with Gasteiger partial charge in [0.25, 0.3) is 0 Å². The molecule has 0 aromatic heterocycles. The predicted molar refractivity (Wildman–Crippen MR) is 106 cm³/mol. The highest BCUT2D eigenvalue weighted by Crippen LogP contribution is 2.66. The minimum atomic E-state index is -9.30. The van der Waals surface area contributed by atoms with Crippen LogP contribution in [0.5, 0.6) is 0 Å². The second kappa shape index (κ2) is 12.2. The second-order valence-corrected chi connectivity index (χ2v) is 9.19. The van der Waals surface area contributed by atoms with Crippen molar-refractivity contribution >= 4 is 11.9 Å². The molecule has 0 saturated carbocycles. The molecule has 1 atom stereocenters. The van der Waals surface area contributed by atoms with Crippen LogP contribution >= 0.6 is 0 Å². The SMILES string of the molecule is C=C(C)C(=O)OCC(CC(F)(F)C(F)(F)C(F)(F)C(F)(F)C(F)(F)C(F)(F)C(F)(F)C(F)(F)C(F)(F)C(F)(F)F)OC(=O)C(=C)C. The van der Waals surface area contributed by atoms with Gasteiger partial charge in [0.15, 0.2) is 0 Å². The first-order valence-electron chi connectivity index (χ1n) is 10.9. The fourth-order valence-electron chi connectivity index (χ4n) is 2.68. The number of halogens is 21. The highest BCUT2D eigenvalue weighted by molar-refractivity contribution is 5.87. The third-order valence-corrected chi connectivity index (χ3v) is 5.43. The van der Waals surface area contributed by atoms with Crippen LogP contribution in [0.2, 0.25) is 0 Å². The summed E-state index contributed by atoms with van der Waals surface area (Å²) in [6.45, 7) is 5.40. The zero-order valence-corrected chi connectivity index (χ0v) is 22.0. The van der Waals surface area contributed by atoms with E-state index in [2.05, 4.69) is 22.6 Å². The van der Waals surface area contributed by atoms with Crippen molar-refractivity contribution in [2.45, 2.75) is 85.9 Å². The van der Waals surface area contributed by atoms with Crippen molar-refractivity contribution in [3.8, 4) is 0 Å². The van der Waals surface area contributed by atoms with Gasteiger partial charge in [-0.1, -0.05) is 13.2 Å². The normalized spacial score (nSPS) is 15.7. The van der Waals surface area contributed by atoms with Crippen LogP contribution in [-0.2, 0) is 19.1 Å². The average molecular weight is 730 g/mol. The molecule has 270 valence electrons. The Bertz CT molecular complexity index is 1180. The summed E-state index contributed by atoms with van der Waals surface area (Å²) in [7, 11) is 0. The maximum atomic E-state index is 14.3. The van der Waals surface area contributed by atoms with E-state index in [4.69, 9.17) is 0 Å². The molecule has 0 aliphatic rings. The van der Waals surface area contributed by atoms with Gasteiger partial charge in [-0.2, -0.15) is 92.2 Å². The fourth-order valence-corrected chi connectivity index (χ4v) is 2.68. The highest BCUT2D eigenvalue weighted by Gasteiger charge is 2.97. The smallest absolute Gasteiger partial charge is 0.458 e. The summed E-state index contributed by atoms with van der Waals surface area (Å²) in [6.07, 6.45) is -14.6. The first kappa shape index (κ1) is 43.0. The van der Waals surface area contributed by atoms with Crippen molar-refractivity contribution in [3.63, 3.8) is 0 Å². The van der Waals surface area contributed by atoms with Crippen molar-refractivity contribution in [3.05, 3.63) is 24.3 Å². The van der Waals surface area contributed by atoms with Crippen LogP contribution < -0.4 is 0 Å². The summed E-state index contributed by atoms with van der Waals surface area (Å²) in [4.78, 5) is 22.9. The molecule has 0 aliphatic heterocycles. The number of carbonyl (C=O) groups is 2. The van der Waals surface area contributed by atoms with Crippen LogP contribution in [0.15, 0.2) is 24.3 Å². The lowest BCUT2D eigenvalue weighted by molar-refractivity contribution is -0.474. The molecule has 0 aliphatic carbocycles. The summed E-state index contributed by atoms with van der Waals surface area (Å²) in [5.74, 6) is -82.1. The van der Waals surface area contributed by atoms with Gasteiger partial charge in [-0.05, 0) is 13.8 Å². The van der Waals surface area contributed by atoms with Crippen molar-refractivity contribution < 1.29 is 111 Å². The molecule has 0 N–H and O–H groups in total. The molecule has 0 bridgehead atoms. The van der Waals surface area contributed by atoms with E-state index >= 15 is 0 Å². The van der Waals surface area contributed by atoms with E-state index in [1.165, 1.54) is 0 Å². The Labute approximate surface area is 241 Å². The number of hydrogen-bond donors (Lipinski definition) is 0. The van der Waals surface area contributed by atoms with Crippen LogP contribution in [0.4, 0.5) is 92.2 Å². The zero-order valence-electron chi connectivity index (χ0n) is 22.0. The van der Waals surface area contributed by atoms with Gasteiger partial charge in [0, 0.05) is 11.1 Å². The molecule has 46 heavy (non-hydrogen) atoms. The van der Waals surface area contributed by atoms with Gasteiger partial charge in [-0.3, -0.25) is 0 Å². The predicted octanol–water partition coefficient (Wildman–Crippen LogP) is 8.26. The Kier molecular flexibility index (Phi) is 11.4. The van der Waals surface area contributed by atoms with E-state index in [-0.39, 0.29) is 0 Å². The van der Waals surface area contributed by atoms with E-state index in [0.717, 1.165) is 6.92 Å². The van der Waals surface area contributed by atoms with Crippen molar-refractivity contribution in [2.75, 3.05) is 6.61 Å². The van der Waals surface area contributed by atoms with Crippen LogP contribution in [0.1, 0.15) is 20.3 Å². The molecule has 0 aromatic carbocycles. The summed E-state index contributed by atoms with van der Waals surface area (Å²) in [6, 6.07) is 0. The number of esters is 2. The molecule has 1 unspecified atom stereocenters. The number of carbonyl (C=O) groups excluding carboxylic acids is 2. The number of alkyl halides is 21. The molecule has 0 radical (unpaired) electrons. The topological polar surface area (TPSA) is 52.6 Å². The molecule has 25 heteroatoms. The summed E-state index contributed by atoms with van der Waals surface area (Å²) < 4.78 is 292. The lowest BCUT2D eigenvalue weighted by Gasteiger charge is -2.44. The maximum Gasteiger partial charge on any atom is 0.460 e. The first-order valence-corrected chi connectivity index (χ1v) is 10.9. The molecular weight excluding hydrogens is 715 g/mol. The van der Waals surface area contributed by atoms with Gasteiger partial charge in [0.05, 0.1) is 6.42 Å². The molecule has 0 amide bonds. The average Bonchev–Trinajstić information content (AvgIpc) is 2.84. The first-order chi connectivity index (χ1) is 19.8. The summed E-state index contributed by atoms with van der Waals surface area (Å²) in [5.41, 5.74) is -1.44. The third kappa shape index (κ3) is 6.54. The van der Waals surface area contributed by atoms with E-state index in [0.29, 0.717) is 6.92 Å². The molecular formula is C21H15F21O4. The van der Waals surface area contributed by atoms with Crippen molar-refractivity contribution in [1.82, 2.24) is 0 Å². The molecule has 4 nitrogen and oxygen atoms in total. The minimum absolute atomic E-state index is 0.619. The molecule has 0 heterocycles. The molecule has 0 rings (SSSR count). The van der Waals surface area contributed by atoms with Gasteiger partial charge in [0.2, 0.25) is 0 Å². The molecule has 0 aromatic rings. The fraction of sp³-hybridized carbons (Fsp3) is 0.714. The Morgan fingerprint density at radius 1 is 0.500 bits per heavy atom. The highest BCUT2D eigenvalue weighted by atomic mass is 19.4. The van der Waals surface area contributed by atoms with Crippen LogP contribution in [0.25, 0.3) is 0 Å². The van der Waals surface area contributed by atoms with Crippen LogP contribution in [0, 0.1) is 0 Å². The number of ether oxygens (including phenoxy) is 2. The van der Waals surface area contributed by atoms with Gasteiger partial charge >= 0.3 is 71.4 Å².